The zero-order chi connectivity index (χ0) is 14.3. The minimum Gasteiger partial charge on any atom is -0.497 e. The number of benzene rings is 1. The van der Waals surface area contributed by atoms with Crippen LogP contribution in [0.3, 0.4) is 0 Å². The van der Waals surface area contributed by atoms with E-state index in [9.17, 15) is 4.79 Å². The number of carbonyl (C=O) groups is 1. The number of rotatable bonds is 3. The summed E-state index contributed by atoms with van der Waals surface area (Å²) >= 11 is 0. The lowest BCUT2D eigenvalue weighted by Crippen LogP contribution is -1.91. The van der Waals surface area contributed by atoms with Crippen LogP contribution in [0.1, 0.15) is 10.6 Å². The van der Waals surface area contributed by atoms with Crippen molar-refractivity contribution >= 4 is 16.9 Å². The second-order valence-electron chi connectivity index (χ2n) is 4.42. The summed E-state index contributed by atoms with van der Waals surface area (Å²) in [6.07, 6.45) is 1.88. The Labute approximate surface area is 114 Å². The molecule has 1 aromatic carbocycles. The molecule has 0 saturated carbocycles. The van der Waals surface area contributed by atoms with Crippen molar-refractivity contribution in [3.05, 3.63) is 36.2 Å². The number of methoxy groups -OCH3 is 1. The zero-order valence-corrected chi connectivity index (χ0v) is 11.0. The molecule has 3 rings (SSSR count). The Balaban J connectivity index is 2.21. The summed E-state index contributed by atoms with van der Waals surface area (Å²) in [5, 5.41) is 13.6. The van der Waals surface area contributed by atoms with Crippen LogP contribution in [0.15, 0.2) is 35.0 Å². The van der Waals surface area contributed by atoms with Gasteiger partial charge in [0, 0.05) is 35.8 Å². The smallest absolute Gasteiger partial charge is 0.374 e. The maximum absolute atomic E-state index is 10.9. The Morgan fingerprint density at radius 3 is 2.85 bits per heavy atom. The number of hydrogen-bond donors (Lipinski definition) is 1. The number of fused-ring (bicyclic) bond motifs is 1. The average Bonchev–Trinajstić information content (AvgIpc) is 3.03. The monoisotopic (exact) mass is 272 g/mol. The molecule has 0 bridgehead atoms. The molecule has 0 amide bonds. The number of aryl methyl sites for hydroxylation is 1. The van der Waals surface area contributed by atoms with Crippen LogP contribution < -0.4 is 4.74 Å². The molecule has 2 aromatic heterocycles. The minimum atomic E-state index is -1.14. The fourth-order valence-electron chi connectivity index (χ4n) is 2.21. The molecular weight excluding hydrogens is 260 g/mol. The number of ether oxygens (including phenoxy) is 1. The number of carboxylic acid groups (broad SMARTS) is 1. The highest BCUT2D eigenvalue weighted by atomic mass is 16.5. The average molecular weight is 272 g/mol. The molecule has 0 spiro atoms. The largest absolute Gasteiger partial charge is 0.497 e. The first-order chi connectivity index (χ1) is 9.60. The van der Waals surface area contributed by atoms with Gasteiger partial charge in [-0.1, -0.05) is 5.16 Å². The molecular formula is C14H12N2O4. The molecule has 0 radical (unpaired) electrons. The van der Waals surface area contributed by atoms with E-state index in [1.807, 2.05) is 36.0 Å². The van der Waals surface area contributed by atoms with Crippen LogP contribution in [0.5, 0.6) is 5.75 Å². The van der Waals surface area contributed by atoms with Crippen LogP contribution in [0.4, 0.5) is 0 Å². The van der Waals surface area contributed by atoms with Crippen molar-refractivity contribution < 1.29 is 19.2 Å². The van der Waals surface area contributed by atoms with Crippen molar-refractivity contribution in [3.8, 4) is 17.0 Å². The van der Waals surface area contributed by atoms with Gasteiger partial charge < -0.3 is 18.9 Å². The van der Waals surface area contributed by atoms with Gasteiger partial charge in [-0.2, -0.15) is 0 Å². The standard InChI is InChI=1S/C14H12N2O4/c1-16-7-10(11-6-13(14(17)18)20-15-11)9-5-8(19-2)3-4-12(9)16/h3-7H,1-2H3,(H,17,18). The normalized spacial score (nSPS) is 10.9. The highest BCUT2D eigenvalue weighted by molar-refractivity contribution is 5.97. The van der Waals surface area contributed by atoms with Crippen molar-refractivity contribution in [1.82, 2.24) is 9.72 Å². The molecule has 0 aliphatic rings. The topological polar surface area (TPSA) is 77.5 Å². The molecule has 1 N–H and O–H groups in total. The Bertz CT molecular complexity index is 801. The first-order valence-electron chi connectivity index (χ1n) is 5.93. The first kappa shape index (κ1) is 12.3. The molecule has 0 unspecified atom stereocenters. The SMILES string of the molecule is COc1ccc2c(c1)c(-c1cc(C(=O)O)on1)cn2C. The lowest BCUT2D eigenvalue weighted by Gasteiger charge is -2.00. The number of aromatic nitrogens is 2. The van der Waals surface area contributed by atoms with Gasteiger partial charge in [0.05, 0.1) is 7.11 Å². The fraction of sp³-hybridized carbons (Fsp3) is 0.143. The van der Waals surface area contributed by atoms with Gasteiger partial charge in [0.1, 0.15) is 11.4 Å². The predicted octanol–water partition coefficient (Wildman–Crippen LogP) is 2.54. The number of hydrogen-bond acceptors (Lipinski definition) is 4. The number of carboxylic acids is 1. The van der Waals surface area contributed by atoms with Crippen LogP contribution in [-0.2, 0) is 7.05 Å². The van der Waals surface area contributed by atoms with E-state index in [1.165, 1.54) is 6.07 Å². The maximum Gasteiger partial charge on any atom is 0.374 e. The van der Waals surface area contributed by atoms with Crippen molar-refractivity contribution in [3.63, 3.8) is 0 Å². The molecule has 2 heterocycles. The predicted molar refractivity (Wildman–Crippen MR) is 71.9 cm³/mol. The molecule has 0 atom stereocenters. The van der Waals surface area contributed by atoms with Gasteiger partial charge in [0.2, 0.25) is 5.76 Å². The number of aromatic carboxylic acids is 1. The molecule has 20 heavy (non-hydrogen) atoms. The van der Waals surface area contributed by atoms with E-state index >= 15 is 0 Å². The summed E-state index contributed by atoms with van der Waals surface area (Å²) in [6, 6.07) is 7.11. The van der Waals surface area contributed by atoms with Gasteiger partial charge >= 0.3 is 5.97 Å². The van der Waals surface area contributed by atoms with E-state index in [0.717, 1.165) is 22.2 Å². The van der Waals surface area contributed by atoms with Crippen LogP contribution in [0, 0.1) is 0 Å². The van der Waals surface area contributed by atoms with Crippen LogP contribution in [0.25, 0.3) is 22.2 Å². The first-order valence-corrected chi connectivity index (χ1v) is 5.93. The van der Waals surface area contributed by atoms with Crippen LogP contribution >= 0.6 is 0 Å². The highest BCUT2D eigenvalue weighted by Gasteiger charge is 2.16. The third-order valence-corrected chi connectivity index (χ3v) is 3.19. The van der Waals surface area contributed by atoms with Crippen molar-refractivity contribution in [2.24, 2.45) is 7.05 Å². The molecule has 6 heteroatoms. The second kappa shape index (κ2) is 4.41. The number of nitrogens with zero attached hydrogens (tertiary/aromatic N) is 2. The molecule has 0 aliphatic heterocycles. The van der Waals surface area contributed by atoms with Gasteiger partial charge in [-0.05, 0) is 18.2 Å². The second-order valence-corrected chi connectivity index (χ2v) is 4.42. The Morgan fingerprint density at radius 1 is 1.40 bits per heavy atom. The van der Waals surface area contributed by atoms with Crippen molar-refractivity contribution in [1.29, 1.82) is 0 Å². The van der Waals surface area contributed by atoms with Gasteiger partial charge in [-0.3, -0.25) is 0 Å². The van der Waals surface area contributed by atoms with E-state index in [1.54, 1.807) is 7.11 Å². The summed E-state index contributed by atoms with van der Waals surface area (Å²) < 4.78 is 12.0. The van der Waals surface area contributed by atoms with Crippen molar-refractivity contribution in [2.45, 2.75) is 0 Å². The minimum absolute atomic E-state index is 0.181. The fourth-order valence-corrected chi connectivity index (χ4v) is 2.21. The summed E-state index contributed by atoms with van der Waals surface area (Å²) in [5.41, 5.74) is 2.29. The molecule has 6 nitrogen and oxygen atoms in total. The van der Waals surface area contributed by atoms with E-state index in [0.29, 0.717) is 5.69 Å². The lowest BCUT2D eigenvalue weighted by atomic mass is 10.1. The quantitative estimate of drug-likeness (QED) is 0.792. The maximum atomic E-state index is 10.9. The Morgan fingerprint density at radius 2 is 2.20 bits per heavy atom. The van der Waals surface area contributed by atoms with Gasteiger partial charge in [0.25, 0.3) is 0 Å². The van der Waals surface area contributed by atoms with Crippen LogP contribution in [-0.4, -0.2) is 27.9 Å². The zero-order valence-electron chi connectivity index (χ0n) is 11.0. The summed E-state index contributed by atoms with van der Waals surface area (Å²) in [4.78, 5) is 10.9. The highest BCUT2D eigenvalue weighted by Crippen LogP contribution is 2.32. The molecule has 3 aromatic rings. The lowest BCUT2D eigenvalue weighted by molar-refractivity contribution is 0.0652. The Kier molecular flexibility index (Phi) is 2.71. The molecule has 0 saturated heterocycles. The summed E-state index contributed by atoms with van der Waals surface area (Å²) in [5.74, 6) is -0.589. The molecule has 102 valence electrons. The molecule has 0 aliphatic carbocycles. The molecule has 0 fully saturated rings. The van der Waals surface area contributed by atoms with E-state index < -0.39 is 5.97 Å². The third-order valence-electron chi connectivity index (χ3n) is 3.19. The Hall–Kier alpha value is -2.76. The van der Waals surface area contributed by atoms with E-state index in [-0.39, 0.29) is 5.76 Å². The van der Waals surface area contributed by atoms with Crippen molar-refractivity contribution in [2.75, 3.05) is 7.11 Å². The van der Waals surface area contributed by atoms with Gasteiger partial charge in [-0.25, -0.2) is 4.79 Å². The summed E-state index contributed by atoms with van der Waals surface area (Å²) in [6.45, 7) is 0. The third kappa shape index (κ3) is 1.82. The van der Waals surface area contributed by atoms with E-state index in [2.05, 4.69) is 5.16 Å². The summed E-state index contributed by atoms with van der Waals surface area (Å²) in [7, 11) is 3.51. The van der Waals surface area contributed by atoms with Gasteiger partial charge in [0.15, 0.2) is 0 Å². The van der Waals surface area contributed by atoms with Gasteiger partial charge in [-0.15, -0.1) is 0 Å². The van der Waals surface area contributed by atoms with E-state index in [4.69, 9.17) is 14.4 Å². The van der Waals surface area contributed by atoms with Crippen LogP contribution in [0.2, 0.25) is 0 Å².